The predicted octanol–water partition coefficient (Wildman–Crippen LogP) is 2.42. The minimum Gasteiger partial charge on any atom is -0.465 e. The van der Waals surface area contributed by atoms with E-state index in [0.717, 1.165) is 6.42 Å². The largest absolute Gasteiger partial charge is 0.465 e. The highest BCUT2D eigenvalue weighted by Gasteiger charge is 2.23. The van der Waals surface area contributed by atoms with E-state index >= 15 is 0 Å². The van der Waals surface area contributed by atoms with Crippen molar-refractivity contribution in [1.82, 2.24) is 14.6 Å². The van der Waals surface area contributed by atoms with Gasteiger partial charge in [-0.25, -0.2) is 14.3 Å². The molecule has 7 heteroatoms. The van der Waals surface area contributed by atoms with Crippen LogP contribution < -0.4 is 5.32 Å². The first kappa shape index (κ1) is 15.5. The van der Waals surface area contributed by atoms with E-state index in [0.29, 0.717) is 18.0 Å². The third kappa shape index (κ3) is 3.33. The van der Waals surface area contributed by atoms with E-state index < -0.39 is 5.97 Å². The molecule has 1 aliphatic carbocycles. The Morgan fingerprint density at radius 3 is 2.91 bits per heavy atom. The highest BCUT2D eigenvalue weighted by molar-refractivity contribution is 6.04. The van der Waals surface area contributed by atoms with E-state index in [9.17, 15) is 9.59 Å². The normalized spacial score (nSPS) is 15.0. The number of fused-ring (bicyclic) bond motifs is 1. The number of esters is 1. The molecule has 3 rings (SSSR count). The number of carbonyl (C=O) groups is 2. The van der Waals surface area contributed by atoms with Gasteiger partial charge in [0, 0.05) is 18.8 Å². The zero-order valence-corrected chi connectivity index (χ0v) is 13.1. The fraction of sp³-hybridized carbons (Fsp3) is 0.500. The second kappa shape index (κ2) is 6.76. The van der Waals surface area contributed by atoms with Gasteiger partial charge in [0.1, 0.15) is 5.56 Å². The van der Waals surface area contributed by atoms with Crippen LogP contribution in [0.5, 0.6) is 0 Å². The lowest BCUT2D eigenvalue weighted by molar-refractivity contribution is -0.116. The third-order valence-electron chi connectivity index (χ3n) is 4.30. The molecule has 0 aliphatic heterocycles. The molecule has 1 aliphatic rings. The average Bonchev–Trinajstić information content (AvgIpc) is 3.19. The maximum atomic E-state index is 12.2. The van der Waals surface area contributed by atoms with Gasteiger partial charge in [0.25, 0.3) is 0 Å². The quantitative estimate of drug-likeness (QED) is 0.856. The number of nitrogens with one attached hydrogen (secondary N) is 1. The number of methoxy groups -OCH3 is 1. The van der Waals surface area contributed by atoms with E-state index in [4.69, 9.17) is 4.74 Å². The fourth-order valence-corrected chi connectivity index (χ4v) is 3.09. The van der Waals surface area contributed by atoms with Crippen LogP contribution in [0.2, 0.25) is 0 Å². The maximum Gasteiger partial charge on any atom is 0.345 e. The molecule has 0 saturated heterocycles. The van der Waals surface area contributed by atoms with Gasteiger partial charge < -0.3 is 10.1 Å². The van der Waals surface area contributed by atoms with Gasteiger partial charge >= 0.3 is 5.97 Å². The van der Waals surface area contributed by atoms with Crippen molar-refractivity contribution in [3.05, 3.63) is 24.0 Å². The van der Waals surface area contributed by atoms with Crippen LogP contribution in [-0.2, 0) is 9.53 Å². The highest BCUT2D eigenvalue weighted by atomic mass is 16.5. The van der Waals surface area contributed by atoms with Crippen molar-refractivity contribution in [2.75, 3.05) is 12.4 Å². The molecule has 0 radical (unpaired) electrons. The van der Waals surface area contributed by atoms with E-state index in [1.54, 1.807) is 18.5 Å². The van der Waals surface area contributed by atoms with Crippen LogP contribution in [0.1, 0.15) is 48.9 Å². The molecule has 2 aromatic rings. The SMILES string of the molecule is COC(=O)c1c(NC(=O)CCC2CCCC2)nn2cccnc12. The van der Waals surface area contributed by atoms with Gasteiger partial charge in [-0.1, -0.05) is 25.7 Å². The van der Waals surface area contributed by atoms with Crippen molar-refractivity contribution in [2.45, 2.75) is 38.5 Å². The summed E-state index contributed by atoms with van der Waals surface area (Å²) >= 11 is 0. The van der Waals surface area contributed by atoms with Crippen molar-refractivity contribution in [1.29, 1.82) is 0 Å². The Hall–Kier alpha value is -2.44. The molecule has 122 valence electrons. The minimum absolute atomic E-state index is 0.134. The summed E-state index contributed by atoms with van der Waals surface area (Å²) in [6, 6.07) is 1.70. The standard InChI is InChI=1S/C16H20N4O3/c1-23-16(22)13-14(19-20-10-4-9-17-15(13)20)18-12(21)8-7-11-5-2-3-6-11/h4,9-11H,2-3,5-8H2,1H3,(H,18,19,21). The second-order valence-electron chi connectivity index (χ2n) is 5.84. The lowest BCUT2D eigenvalue weighted by Gasteiger charge is -2.08. The zero-order valence-electron chi connectivity index (χ0n) is 13.1. The Kier molecular flexibility index (Phi) is 4.55. The number of hydrogen-bond donors (Lipinski definition) is 1. The van der Waals surface area contributed by atoms with Gasteiger partial charge in [0.05, 0.1) is 7.11 Å². The first-order valence-electron chi connectivity index (χ1n) is 7.90. The molecular weight excluding hydrogens is 296 g/mol. The number of nitrogens with zero attached hydrogens (tertiary/aromatic N) is 3. The molecule has 0 aromatic carbocycles. The lowest BCUT2D eigenvalue weighted by Crippen LogP contribution is -2.15. The first-order chi connectivity index (χ1) is 11.2. The molecule has 0 unspecified atom stereocenters. The Labute approximate surface area is 134 Å². The molecule has 2 heterocycles. The monoisotopic (exact) mass is 316 g/mol. The van der Waals surface area contributed by atoms with Crippen LogP contribution in [0.15, 0.2) is 18.5 Å². The summed E-state index contributed by atoms with van der Waals surface area (Å²) < 4.78 is 6.24. The van der Waals surface area contributed by atoms with Gasteiger partial charge in [-0.2, -0.15) is 0 Å². The van der Waals surface area contributed by atoms with E-state index in [-0.39, 0.29) is 17.3 Å². The molecule has 7 nitrogen and oxygen atoms in total. The minimum atomic E-state index is -0.565. The van der Waals surface area contributed by atoms with Crippen molar-refractivity contribution < 1.29 is 14.3 Å². The summed E-state index contributed by atoms with van der Waals surface area (Å²) in [4.78, 5) is 28.3. The van der Waals surface area contributed by atoms with E-state index in [1.807, 2.05) is 0 Å². The fourth-order valence-electron chi connectivity index (χ4n) is 3.09. The molecule has 23 heavy (non-hydrogen) atoms. The van der Waals surface area contributed by atoms with Crippen LogP contribution in [-0.4, -0.2) is 33.6 Å². The van der Waals surface area contributed by atoms with Crippen LogP contribution >= 0.6 is 0 Å². The Bertz CT molecular complexity index is 719. The summed E-state index contributed by atoms with van der Waals surface area (Å²) in [6.45, 7) is 0. The molecule has 0 atom stereocenters. The number of anilines is 1. The van der Waals surface area contributed by atoms with Gasteiger partial charge in [-0.05, 0) is 18.4 Å². The maximum absolute atomic E-state index is 12.2. The summed E-state index contributed by atoms with van der Waals surface area (Å²) in [6.07, 6.45) is 9.49. The Morgan fingerprint density at radius 1 is 1.39 bits per heavy atom. The van der Waals surface area contributed by atoms with Crippen molar-refractivity contribution in [3.63, 3.8) is 0 Å². The molecule has 1 saturated carbocycles. The summed E-state index contributed by atoms with van der Waals surface area (Å²) in [5.74, 6) is 0.144. The van der Waals surface area contributed by atoms with E-state index in [1.165, 1.54) is 37.3 Å². The van der Waals surface area contributed by atoms with Gasteiger partial charge in [0.2, 0.25) is 5.91 Å². The molecule has 2 aromatic heterocycles. The molecule has 1 fully saturated rings. The van der Waals surface area contributed by atoms with Gasteiger partial charge in [-0.15, -0.1) is 5.10 Å². The summed E-state index contributed by atoms with van der Waals surface area (Å²) in [7, 11) is 1.29. The van der Waals surface area contributed by atoms with E-state index in [2.05, 4.69) is 15.4 Å². The van der Waals surface area contributed by atoms with Crippen LogP contribution in [0.4, 0.5) is 5.82 Å². The molecule has 1 N–H and O–H groups in total. The molecule has 0 bridgehead atoms. The molecule has 0 spiro atoms. The zero-order chi connectivity index (χ0) is 16.2. The predicted molar refractivity (Wildman–Crippen MR) is 84.1 cm³/mol. The molecular formula is C16H20N4O3. The summed E-state index contributed by atoms with van der Waals surface area (Å²) in [5, 5.41) is 6.95. The van der Waals surface area contributed by atoms with Crippen LogP contribution in [0.25, 0.3) is 5.65 Å². The van der Waals surface area contributed by atoms with Gasteiger partial charge in [-0.3, -0.25) is 4.79 Å². The smallest absolute Gasteiger partial charge is 0.345 e. The van der Waals surface area contributed by atoms with Gasteiger partial charge in [0.15, 0.2) is 11.5 Å². The number of aromatic nitrogens is 3. The third-order valence-corrected chi connectivity index (χ3v) is 4.30. The number of carbonyl (C=O) groups excluding carboxylic acids is 2. The number of amides is 1. The molecule has 1 amide bonds. The number of ether oxygens (including phenoxy) is 1. The topological polar surface area (TPSA) is 85.6 Å². The Morgan fingerprint density at radius 2 is 2.17 bits per heavy atom. The van der Waals surface area contributed by atoms with Crippen LogP contribution in [0, 0.1) is 5.92 Å². The number of rotatable bonds is 5. The second-order valence-corrected chi connectivity index (χ2v) is 5.84. The van der Waals surface area contributed by atoms with Crippen molar-refractivity contribution >= 4 is 23.3 Å². The highest BCUT2D eigenvalue weighted by Crippen LogP contribution is 2.28. The number of hydrogen-bond acceptors (Lipinski definition) is 5. The lowest BCUT2D eigenvalue weighted by atomic mass is 10.0. The van der Waals surface area contributed by atoms with Crippen molar-refractivity contribution in [2.24, 2.45) is 5.92 Å². The Balaban J connectivity index is 1.75. The average molecular weight is 316 g/mol. The van der Waals surface area contributed by atoms with Crippen LogP contribution in [0.3, 0.4) is 0 Å². The first-order valence-corrected chi connectivity index (χ1v) is 7.90. The summed E-state index contributed by atoms with van der Waals surface area (Å²) in [5.41, 5.74) is 0.549. The van der Waals surface area contributed by atoms with Crippen molar-refractivity contribution in [3.8, 4) is 0 Å².